The number of benzene rings is 1. The van der Waals surface area contributed by atoms with Crippen LogP contribution in [-0.2, 0) is 13.1 Å². The number of nitrogens with two attached hydrogens (primary N) is 1. The number of hydrogen-bond acceptors (Lipinski definition) is 6. The van der Waals surface area contributed by atoms with Gasteiger partial charge in [-0.3, -0.25) is 14.3 Å². The Morgan fingerprint density at radius 3 is 2.72 bits per heavy atom. The predicted molar refractivity (Wildman–Crippen MR) is 114 cm³/mol. The monoisotopic (exact) mass is 402 g/mol. The number of unbranched alkanes of at least 4 members (excludes halogenated alkanes) is 1. The van der Waals surface area contributed by atoms with Crippen LogP contribution in [-0.4, -0.2) is 22.9 Å². The minimum atomic E-state index is -0.461. The van der Waals surface area contributed by atoms with Gasteiger partial charge in [-0.05, 0) is 36.5 Å². The second kappa shape index (κ2) is 9.07. The van der Waals surface area contributed by atoms with Crippen molar-refractivity contribution in [1.29, 1.82) is 0 Å². The zero-order valence-electron chi connectivity index (χ0n) is 17.4. The molecule has 0 unspecified atom stereocenters. The molecule has 1 aliphatic rings. The lowest BCUT2D eigenvalue weighted by Gasteiger charge is -2.27. The number of nitrogens with zero attached hydrogens (tertiary/aromatic N) is 2. The number of hydrogen-bond donors (Lipinski definition) is 2. The van der Waals surface area contributed by atoms with E-state index in [-0.39, 0.29) is 12.6 Å². The molecule has 0 saturated heterocycles. The molecule has 0 atom stereocenters. The maximum Gasteiger partial charge on any atom is 0.330 e. The molecule has 0 bridgehead atoms. The summed E-state index contributed by atoms with van der Waals surface area (Å²) in [5, 5.41) is 0. The van der Waals surface area contributed by atoms with E-state index in [1.807, 2.05) is 30.0 Å². The van der Waals surface area contributed by atoms with E-state index in [0.29, 0.717) is 42.7 Å². The summed E-state index contributed by atoms with van der Waals surface area (Å²) in [6.45, 7) is 8.12. The number of H-pyrrole nitrogens is 1. The van der Waals surface area contributed by atoms with Crippen LogP contribution in [0.2, 0.25) is 0 Å². The van der Waals surface area contributed by atoms with E-state index in [0.717, 1.165) is 24.8 Å². The predicted octanol–water partition coefficient (Wildman–Crippen LogP) is 2.70. The number of nitrogen functional groups attached to an aromatic ring is 1. The first-order chi connectivity index (χ1) is 13.9. The first kappa shape index (κ1) is 20.8. The van der Waals surface area contributed by atoms with Gasteiger partial charge in [0.15, 0.2) is 11.5 Å². The molecule has 3 rings (SSSR count). The van der Waals surface area contributed by atoms with E-state index in [1.54, 1.807) is 0 Å². The van der Waals surface area contributed by atoms with Crippen LogP contribution in [0, 0.1) is 5.92 Å². The quantitative estimate of drug-likeness (QED) is 0.669. The standard InChI is InChI=1S/C21H30N4O4/c1-4-5-9-25-19(22)18(20(26)23-21(25)27)24(10-8-14(2)3)12-15-6-7-16-17(11-15)29-13-28-16/h6-7,11,14H,4-5,8-10,12-13,22H2,1-3H3,(H,23,26,27). The molecule has 8 nitrogen and oxygen atoms in total. The van der Waals surface area contributed by atoms with Crippen LogP contribution in [0.1, 0.15) is 45.6 Å². The average molecular weight is 402 g/mol. The number of aromatic amines is 1. The van der Waals surface area contributed by atoms with Crippen molar-refractivity contribution in [2.45, 2.75) is 53.1 Å². The molecule has 158 valence electrons. The van der Waals surface area contributed by atoms with Gasteiger partial charge >= 0.3 is 5.69 Å². The van der Waals surface area contributed by atoms with E-state index in [9.17, 15) is 9.59 Å². The first-order valence-corrected chi connectivity index (χ1v) is 10.2. The van der Waals surface area contributed by atoms with Crippen LogP contribution in [0.25, 0.3) is 0 Å². The molecule has 2 heterocycles. The number of rotatable bonds is 9. The highest BCUT2D eigenvalue weighted by Gasteiger charge is 2.21. The van der Waals surface area contributed by atoms with Crippen LogP contribution < -0.4 is 31.4 Å². The maximum atomic E-state index is 12.7. The average Bonchev–Trinajstić information content (AvgIpc) is 3.13. The second-order valence-electron chi connectivity index (χ2n) is 7.79. The van der Waals surface area contributed by atoms with Crippen molar-refractivity contribution in [2.75, 3.05) is 24.0 Å². The van der Waals surface area contributed by atoms with Crippen molar-refractivity contribution in [1.82, 2.24) is 9.55 Å². The summed E-state index contributed by atoms with van der Waals surface area (Å²) in [7, 11) is 0. The summed E-state index contributed by atoms with van der Waals surface area (Å²) in [5.74, 6) is 2.09. The first-order valence-electron chi connectivity index (χ1n) is 10.2. The third-order valence-corrected chi connectivity index (χ3v) is 5.05. The highest BCUT2D eigenvalue weighted by molar-refractivity contribution is 5.62. The molecule has 1 aliphatic heterocycles. The largest absolute Gasteiger partial charge is 0.454 e. The summed E-state index contributed by atoms with van der Waals surface area (Å²) in [6.07, 6.45) is 2.62. The fourth-order valence-corrected chi connectivity index (χ4v) is 3.36. The number of nitrogens with one attached hydrogen (secondary N) is 1. The van der Waals surface area contributed by atoms with Gasteiger partial charge in [0.1, 0.15) is 11.5 Å². The molecule has 0 aliphatic carbocycles. The van der Waals surface area contributed by atoms with Crippen molar-refractivity contribution in [3.63, 3.8) is 0 Å². The third-order valence-electron chi connectivity index (χ3n) is 5.05. The highest BCUT2D eigenvalue weighted by atomic mass is 16.7. The highest BCUT2D eigenvalue weighted by Crippen LogP contribution is 2.33. The van der Waals surface area contributed by atoms with Gasteiger partial charge in [0.25, 0.3) is 5.56 Å². The summed E-state index contributed by atoms with van der Waals surface area (Å²) >= 11 is 0. The van der Waals surface area contributed by atoms with Crippen molar-refractivity contribution in [2.24, 2.45) is 5.92 Å². The summed E-state index contributed by atoms with van der Waals surface area (Å²) in [4.78, 5) is 29.4. The molecule has 0 saturated carbocycles. The lowest BCUT2D eigenvalue weighted by molar-refractivity contribution is 0.174. The van der Waals surface area contributed by atoms with Gasteiger partial charge in [-0.2, -0.15) is 0 Å². The second-order valence-corrected chi connectivity index (χ2v) is 7.79. The van der Waals surface area contributed by atoms with E-state index in [4.69, 9.17) is 15.2 Å². The number of ether oxygens (including phenoxy) is 2. The summed E-state index contributed by atoms with van der Waals surface area (Å²) in [6, 6.07) is 5.74. The van der Waals surface area contributed by atoms with Gasteiger partial charge in [-0.1, -0.05) is 33.3 Å². The Morgan fingerprint density at radius 2 is 2.00 bits per heavy atom. The van der Waals surface area contributed by atoms with E-state index < -0.39 is 11.2 Å². The van der Waals surface area contributed by atoms with Gasteiger partial charge in [0, 0.05) is 19.6 Å². The normalized spacial score (nSPS) is 12.6. The maximum absolute atomic E-state index is 12.7. The number of fused-ring (bicyclic) bond motifs is 1. The molecular weight excluding hydrogens is 372 g/mol. The molecule has 1 aromatic heterocycles. The molecule has 0 spiro atoms. The van der Waals surface area contributed by atoms with Crippen LogP contribution in [0.3, 0.4) is 0 Å². The van der Waals surface area contributed by atoms with Crippen molar-refractivity contribution in [3.8, 4) is 11.5 Å². The van der Waals surface area contributed by atoms with Gasteiger partial charge in [0.2, 0.25) is 6.79 Å². The molecule has 0 amide bonds. The Morgan fingerprint density at radius 1 is 1.24 bits per heavy atom. The van der Waals surface area contributed by atoms with Crippen molar-refractivity contribution in [3.05, 3.63) is 44.6 Å². The molecular formula is C21H30N4O4. The summed E-state index contributed by atoms with van der Waals surface area (Å²) < 4.78 is 12.3. The van der Waals surface area contributed by atoms with Gasteiger partial charge in [0.05, 0.1) is 0 Å². The Labute approximate surface area is 170 Å². The number of aromatic nitrogens is 2. The van der Waals surface area contributed by atoms with Gasteiger partial charge in [-0.15, -0.1) is 0 Å². The van der Waals surface area contributed by atoms with Crippen LogP contribution in [0.15, 0.2) is 27.8 Å². The fraction of sp³-hybridized carbons (Fsp3) is 0.524. The van der Waals surface area contributed by atoms with Crippen molar-refractivity contribution < 1.29 is 9.47 Å². The van der Waals surface area contributed by atoms with Crippen LogP contribution >= 0.6 is 0 Å². The van der Waals surface area contributed by atoms with E-state index in [2.05, 4.69) is 18.8 Å². The molecule has 29 heavy (non-hydrogen) atoms. The molecule has 0 fully saturated rings. The van der Waals surface area contributed by atoms with Crippen LogP contribution in [0.5, 0.6) is 11.5 Å². The Bertz CT molecular complexity index is 964. The van der Waals surface area contributed by atoms with Gasteiger partial charge < -0.3 is 20.1 Å². The van der Waals surface area contributed by atoms with E-state index >= 15 is 0 Å². The Hall–Kier alpha value is -2.90. The summed E-state index contributed by atoms with van der Waals surface area (Å²) in [5.41, 5.74) is 6.74. The number of anilines is 2. The molecule has 0 radical (unpaired) electrons. The lowest BCUT2D eigenvalue weighted by atomic mass is 10.1. The fourth-order valence-electron chi connectivity index (χ4n) is 3.36. The minimum Gasteiger partial charge on any atom is -0.454 e. The van der Waals surface area contributed by atoms with E-state index in [1.165, 1.54) is 4.57 Å². The topological polar surface area (TPSA) is 103 Å². The molecule has 1 aromatic carbocycles. The van der Waals surface area contributed by atoms with Crippen molar-refractivity contribution >= 4 is 11.5 Å². The zero-order chi connectivity index (χ0) is 21.0. The molecule has 2 aromatic rings. The Kier molecular flexibility index (Phi) is 6.51. The SMILES string of the molecule is CCCCn1c(N)c(N(CCC(C)C)Cc2ccc3c(c2)OCO3)c(=O)[nH]c1=O. The zero-order valence-corrected chi connectivity index (χ0v) is 17.4. The lowest BCUT2D eigenvalue weighted by Crippen LogP contribution is -2.39. The molecule has 8 heteroatoms. The minimum absolute atomic E-state index is 0.213. The third kappa shape index (κ3) is 4.75. The smallest absolute Gasteiger partial charge is 0.330 e. The van der Waals surface area contributed by atoms with Gasteiger partial charge in [-0.25, -0.2) is 4.79 Å². The molecule has 3 N–H and O–H groups in total. The van der Waals surface area contributed by atoms with Crippen LogP contribution in [0.4, 0.5) is 11.5 Å². The Balaban J connectivity index is 1.98.